The highest BCUT2D eigenvalue weighted by atomic mass is 32.2. The van der Waals surface area contributed by atoms with E-state index in [0.29, 0.717) is 37.0 Å². The van der Waals surface area contributed by atoms with E-state index in [9.17, 15) is 48.1 Å². The average Bonchev–Trinajstić information content (AvgIpc) is 3.01. The summed E-state index contributed by atoms with van der Waals surface area (Å²) in [5, 5.41) is -6.65. The molecule has 4 saturated carbocycles. The number of alkyl halides is 8. The van der Waals surface area contributed by atoms with Crippen LogP contribution in [0.25, 0.3) is 0 Å². The average molecular weight is 765 g/mol. The molecule has 4 fully saturated rings. The highest BCUT2D eigenvalue weighted by molar-refractivity contribution is 7.97. The van der Waals surface area contributed by atoms with E-state index in [0.717, 1.165) is 19.3 Å². The minimum atomic E-state index is -7.16. The first-order chi connectivity index (χ1) is 23.5. The van der Waals surface area contributed by atoms with Crippen molar-refractivity contribution in [2.75, 3.05) is 0 Å². The second-order valence-electron chi connectivity index (χ2n) is 14.5. The SMILES string of the molecule is Cc1ccc([S+](c2ccc(C)cc2)c2ccc(C)cc2)cc1.O=S(=O)([O-])C(F)(F)C(F)(F)OC(F)(F)C(F)(F)CCC12CC3CC(CC(C3)C1)C2. The van der Waals surface area contributed by atoms with Gasteiger partial charge in [-0.3, -0.25) is 0 Å². The van der Waals surface area contributed by atoms with Crippen LogP contribution in [0.2, 0.25) is 0 Å². The van der Waals surface area contributed by atoms with Crippen molar-refractivity contribution in [2.24, 2.45) is 23.2 Å². The summed E-state index contributed by atoms with van der Waals surface area (Å²) >= 11 is 0. The van der Waals surface area contributed by atoms with Gasteiger partial charge >= 0.3 is 23.4 Å². The van der Waals surface area contributed by atoms with E-state index in [1.165, 1.54) is 31.4 Å². The summed E-state index contributed by atoms with van der Waals surface area (Å²) in [7, 11) is -7.20. The zero-order valence-corrected chi connectivity index (χ0v) is 29.9. The maximum absolute atomic E-state index is 14.0. The number of hydrogen-bond donors (Lipinski definition) is 0. The first-order valence-electron chi connectivity index (χ1n) is 16.6. The Hall–Kier alpha value is -2.68. The van der Waals surface area contributed by atoms with Crippen LogP contribution in [0.3, 0.4) is 0 Å². The molecule has 0 aromatic heterocycles. The zero-order chi connectivity index (χ0) is 37.6. The lowest BCUT2D eigenvalue weighted by Gasteiger charge is -2.57. The van der Waals surface area contributed by atoms with Gasteiger partial charge in [0.1, 0.15) is 0 Å². The van der Waals surface area contributed by atoms with Crippen LogP contribution in [0, 0.1) is 43.9 Å². The van der Waals surface area contributed by atoms with Gasteiger partial charge in [0, 0.05) is 6.42 Å². The van der Waals surface area contributed by atoms with Gasteiger partial charge in [0.2, 0.25) is 0 Å². The Labute approximate surface area is 296 Å². The monoisotopic (exact) mass is 764 g/mol. The topological polar surface area (TPSA) is 66.4 Å². The van der Waals surface area contributed by atoms with E-state index in [2.05, 4.69) is 98.3 Å². The Bertz CT molecular complexity index is 1620. The van der Waals surface area contributed by atoms with Gasteiger partial charge in [-0.25, -0.2) is 13.2 Å². The van der Waals surface area contributed by atoms with E-state index in [4.69, 9.17) is 0 Å². The molecule has 3 aromatic carbocycles. The van der Waals surface area contributed by atoms with Crippen LogP contribution in [0.5, 0.6) is 0 Å². The maximum atomic E-state index is 14.0. The maximum Gasteiger partial charge on any atom is 0.438 e. The van der Waals surface area contributed by atoms with Crippen molar-refractivity contribution in [3.63, 3.8) is 0 Å². The lowest BCUT2D eigenvalue weighted by Crippen LogP contribution is -2.56. The van der Waals surface area contributed by atoms with Gasteiger partial charge in [-0.15, -0.1) is 0 Å². The van der Waals surface area contributed by atoms with Gasteiger partial charge in [0.15, 0.2) is 24.8 Å². The van der Waals surface area contributed by atoms with Crippen molar-refractivity contribution in [1.29, 1.82) is 0 Å². The van der Waals surface area contributed by atoms with Gasteiger partial charge in [-0.1, -0.05) is 53.1 Å². The Balaban J connectivity index is 0.000000205. The Kier molecular flexibility index (Phi) is 11.1. The smallest absolute Gasteiger partial charge is 0.438 e. The van der Waals surface area contributed by atoms with Crippen molar-refractivity contribution in [3.8, 4) is 0 Å². The van der Waals surface area contributed by atoms with Crippen LogP contribution in [0.4, 0.5) is 35.1 Å². The molecule has 0 atom stereocenters. The lowest BCUT2D eigenvalue weighted by molar-refractivity contribution is -0.457. The van der Waals surface area contributed by atoms with Gasteiger partial charge in [0.05, 0.1) is 10.9 Å². The number of halogens is 8. The molecule has 4 aliphatic rings. The molecular weight excluding hydrogens is 725 g/mol. The molecule has 4 nitrogen and oxygen atoms in total. The molecule has 4 bridgehead atoms. The molecule has 0 N–H and O–H groups in total. The summed E-state index contributed by atoms with van der Waals surface area (Å²) in [6.45, 7) is 6.42. The molecule has 0 heterocycles. The van der Waals surface area contributed by atoms with E-state index >= 15 is 0 Å². The third kappa shape index (κ3) is 8.60. The summed E-state index contributed by atoms with van der Waals surface area (Å²) in [6.07, 6.45) is -10.3. The Morgan fingerprint density at radius 1 is 0.647 bits per heavy atom. The lowest BCUT2D eigenvalue weighted by atomic mass is 9.48. The molecule has 4 aliphatic carbocycles. The van der Waals surface area contributed by atoms with Crippen molar-refractivity contribution < 1.29 is 52.8 Å². The predicted octanol–water partition coefficient (Wildman–Crippen LogP) is 10.7. The minimum absolute atomic E-state index is 0.0394. The highest BCUT2D eigenvalue weighted by Gasteiger charge is 2.71. The third-order valence-electron chi connectivity index (χ3n) is 10.2. The molecular formula is C37H40F8O4S2. The molecule has 3 aromatic rings. The molecule has 0 spiro atoms. The number of rotatable bonds is 11. The minimum Gasteiger partial charge on any atom is -0.743 e. The summed E-state index contributed by atoms with van der Waals surface area (Å²) in [5.41, 5.74) is 3.29. The molecule has 0 radical (unpaired) electrons. The van der Waals surface area contributed by atoms with E-state index in [1.807, 2.05) is 0 Å². The fraction of sp³-hybridized carbons (Fsp3) is 0.514. The highest BCUT2D eigenvalue weighted by Crippen LogP contribution is 2.62. The Morgan fingerprint density at radius 3 is 1.29 bits per heavy atom. The Morgan fingerprint density at radius 2 is 0.980 bits per heavy atom. The number of hydrogen-bond acceptors (Lipinski definition) is 4. The molecule has 0 saturated heterocycles. The van der Waals surface area contributed by atoms with Crippen LogP contribution in [0.1, 0.15) is 68.1 Å². The van der Waals surface area contributed by atoms with Crippen LogP contribution < -0.4 is 0 Å². The van der Waals surface area contributed by atoms with E-state index in [1.54, 1.807) is 0 Å². The molecule has 51 heavy (non-hydrogen) atoms. The third-order valence-corrected chi connectivity index (χ3v) is 13.3. The van der Waals surface area contributed by atoms with Gasteiger partial charge in [0.25, 0.3) is 0 Å². The van der Waals surface area contributed by atoms with Crippen LogP contribution >= 0.6 is 0 Å². The molecule has 7 rings (SSSR count). The van der Waals surface area contributed by atoms with Crippen LogP contribution in [-0.4, -0.2) is 36.4 Å². The van der Waals surface area contributed by atoms with Crippen LogP contribution in [0.15, 0.2) is 87.5 Å². The van der Waals surface area contributed by atoms with Crippen molar-refractivity contribution in [3.05, 3.63) is 89.5 Å². The largest absolute Gasteiger partial charge is 0.743 e. The summed E-state index contributed by atoms with van der Waals surface area (Å²) in [6, 6.07) is 26.8. The van der Waals surface area contributed by atoms with E-state index < -0.39 is 51.8 Å². The molecule has 14 heteroatoms. The van der Waals surface area contributed by atoms with Crippen molar-refractivity contribution in [2.45, 2.75) is 110 Å². The fourth-order valence-electron chi connectivity index (χ4n) is 8.04. The van der Waals surface area contributed by atoms with Gasteiger partial charge in [-0.2, -0.15) is 35.1 Å². The molecule has 0 unspecified atom stereocenters. The number of ether oxygens (including phenoxy) is 1. The summed E-state index contributed by atoms with van der Waals surface area (Å²) in [5.74, 6) is -4.37. The predicted molar refractivity (Wildman–Crippen MR) is 176 cm³/mol. The van der Waals surface area contributed by atoms with Gasteiger partial charge < -0.3 is 4.55 Å². The molecule has 280 valence electrons. The normalized spacial score (nSPS) is 23.7. The van der Waals surface area contributed by atoms with Crippen molar-refractivity contribution in [1.82, 2.24) is 0 Å². The first-order valence-corrected chi connectivity index (χ1v) is 19.3. The van der Waals surface area contributed by atoms with Crippen LogP contribution in [-0.2, 0) is 25.7 Å². The quantitative estimate of drug-likeness (QED) is 0.111. The summed E-state index contributed by atoms with van der Waals surface area (Å²) < 4.78 is 141. The molecule has 0 aliphatic heterocycles. The van der Waals surface area contributed by atoms with Gasteiger partial charge in [-0.05, 0) is 125 Å². The second kappa shape index (κ2) is 14.3. The van der Waals surface area contributed by atoms with E-state index in [-0.39, 0.29) is 10.9 Å². The molecule has 0 amide bonds. The van der Waals surface area contributed by atoms with Crippen molar-refractivity contribution >= 4 is 21.0 Å². The number of aryl methyl sites for hydroxylation is 3. The number of benzene rings is 3. The standard InChI is InChI=1S/C21H21S.C16H20F8O4S/c1-16-4-10-19(11-5-16)22(20-12-6-17(2)7-13-20)21-14-8-18(3)9-15-21;17-13(18,14(19,20)28-15(21,22)16(23,24)29(25,26)27)2-1-12-6-9-3-10(7-12)5-11(4-9)8-12/h4-15H,1-3H3;9-11H,1-8H2,(H,25,26,27)/q+1;/p-1. The second-order valence-corrected chi connectivity index (χ2v) is 17.9. The fourth-order valence-corrected chi connectivity index (χ4v) is 10.4. The first kappa shape index (κ1) is 39.5. The zero-order valence-electron chi connectivity index (χ0n) is 28.3. The summed E-state index contributed by atoms with van der Waals surface area (Å²) in [4.78, 5) is 4.12.